The Balaban J connectivity index is 1.88. The van der Waals surface area contributed by atoms with Gasteiger partial charge in [0, 0.05) is 37.8 Å². The van der Waals surface area contributed by atoms with Gasteiger partial charge in [-0.1, -0.05) is 6.42 Å². The van der Waals surface area contributed by atoms with E-state index < -0.39 is 0 Å². The Bertz CT molecular complexity index is 236. The molecule has 4 nitrogen and oxygen atoms in total. The standard InChI is InChI=1S/C14H28N2O2/c1-15-14-6-9-18-11-12(14)10-16-7-3-2-4-13(16)5-8-17/h12-15,17H,2-11H2,1H3. The smallest absolute Gasteiger partial charge is 0.0521 e. The van der Waals surface area contributed by atoms with Crippen molar-refractivity contribution >= 4 is 0 Å². The van der Waals surface area contributed by atoms with Gasteiger partial charge in [0.05, 0.1) is 6.61 Å². The number of likely N-dealkylation sites (tertiary alicyclic amines) is 1. The quantitative estimate of drug-likeness (QED) is 0.765. The average molecular weight is 256 g/mol. The highest BCUT2D eigenvalue weighted by molar-refractivity contribution is 4.85. The number of hydrogen-bond donors (Lipinski definition) is 2. The van der Waals surface area contributed by atoms with Gasteiger partial charge in [-0.15, -0.1) is 0 Å². The summed E-state index contributed by atoms with van der Waals surface area (Å²) in [4.78, 5) is 2.59. The number of nitrogens with zero attached hydrogens (tertiary/aromatic N) is 1. The summed E-state index contributed by atoms with van der Waals surface area (Å²) in [5.41, 5.74) is 0. The van der Waals surface area contributed by atoms with Crippen molar-refractivity contribution in [2.45, 2.75) is 44.2 Å². The summed E-state index contributed by atoms with van der Waals surface area (Å²) in [5.74, 6) is 0.600. The molecule has 0 spiro atoms. The molecule has 3 atom stereocenters. The van der Waals surface area contributed by atoms with E-state index in [4.69, 9.17) is 4.74 Å². The molecular weight excluding hydrogens is 228 g/mol. The molecule has 0 aromatic rings. The fraction of sp³-hybridized carbons (Fsp3) is 1.00. The van der Waals surface area contributed by atoms with Crippen LogP contribution in [0.25, 0.3) is 0 Å². The van der Waals surface area contributed by atoms with Crippen LogP contribution in [-0.4, -0.2) is 62.0 Å². The predicted octanol–water partition coefficient (Wildman–Crippen LogP) is 0.848. The third-order valence-corrected chi connectivity index (χ3v) is 4.53. The molecule has 0 aromatic heterocycles. The van der Waals surface area contributed by atoms with E-state index in [1.54, 1.807) is 0 Å². The normalized spacial score (nSPS) is 34.7. The Morgan fingerprint density at radius 1 is 1.33 bits per heavy atom. The molecule has 3 unspecified atom stereocenters. The second-order valence-corrected chi connectivity index (χ2v) is 5.68. The second-order valence-electron chi connectivity index (χ2n) is 5.68. The molecule has 2 fully saturated rings. The molecule has 2 N–H and O–H groups in total. The molecule has 0 saturated carbocycles. The summed E-state index contributed by atoms with van der Waals surface area (Å²) >= 11 is 0. The average Bonchev–Trinajstić information content (AvgIpc) is 2.42. The van der Waals surface area contributed by atoms with Crippen LogP contribution in [0.5, 0.6) is 0 Å². The van der Waals surface area contributed by atoms with E-state index >= 15 is 0 Å². The Morgan fingerprint density at radius 3 is 3.00 bits per heavy atom. The molecule has 18 heavy (non-hydrogen) atoms. The van der Waals surface area contributed by atoms with E-state index in [1.165, 1.54) is 25.8 Å². The first-order valence-corrected chi connectivity index (χ1v) is 7.45. The monoisotopic (exact) mass is 256 g/mol. The van der Waals surface area contributed by atoms with Gasteiger partial charge in [0.2, 0.25) is 0 Å². The van der Waals surface area contributed by atoms with Gasteiger partial charge in [-0.25, -0.2) is 0 Å². The zero-order chi connectivity index (χ0) is 12.8. The van der Waals surface area contributed by atoms with E-state index in [0.717, 1.165) is 32.6 Å². The van der Waals surface area contributed by atoms with E-state index in [9.17, 15) is 5.11 Å². The largest absolute Gasteiger partial charge is 0.396 e. The Kier molecular flexibility index (Phi) is 5.89. The van der Waals surface area contributed by atoms with E-state index in [0.29, 0.717) is 24.6 Å². The van der Waals surface area contributed by atoms with Crippen LogP contribution in [0, 0.1) is 5.92 Å². The van der Waals surface area contributed by atoms with Crippen molar-refractivity contribution in [3.63, 3.8) is 0 Å². The van der Waals surface area contributed by atoms with Crippen molar-refractivity contribution in [1.82, 2.24) is 10.2 Å². The minimum Gasteiger partial charge on any atom is -0.396 e. The van der Waals surface area contributed by atoms with Crippen LogP contribution >= 0.6 is 0 Å². The Morgan fingerprint density at radius 2 is 2.22 bits per heavy atom. The fourth-order valence-corrected chi connectivity index (χ4v) is 3.43. The zero-order valence-corrected chi connectivity index (χ0v) is 11.6. The molecule has 4 heteroatoms. The van der Waals surface area contributed by atoms with Crippen molar-refractivity contribution in [2.24, 2.45) is 5.92 Å². The molecule has 106 valence electrons. The van der Waals surface area contributed by atoms with Gasteiger partial charge in [0.1, 0.15) is 0 Å². The second kappa shape index (κ2) is 7.43. The van der Waals surface area contributed by atoms with Gasteiger partial charge in [-0.05, 0) is 39.3 Å². The van der Waals surface area contributed by atoms with Gasteiger partial charge in [0.25, 0.3) is 0 Å². The van der Waals surface area contributed by atoms with Crippen LogP contribution in [-0.2, 0) is 4.74 Å². The summed E-state index contributed by atoms with van der Waals surface area (Å²) in [6.07, 6.45) is 5.92. The molecule has 2 aliphatic rings. The summed E-state index contributed by atoms with van der Waals surface area (Å²) in [6.45, 7) is 4.40. The summed E-state index contributed by atoms with van der Waals surface area (Å²) < 4.78 is 5.63. The first-order valence-electron chi connectivity index (χ1n) is 7.45. The molecule has 2 heterocycles. The van der Waals surface area contributed by atoms with Crippen LogP contribution in [0.1, 0.15) is 32.1 Å². The lowest BCUT2D eigenvalue weighted by molar-refractivity contribution is 0.00371. The van der Waals surface area contributed by atoms with Crippen LogP contribution < -0.4 is 5.32 Å². The maximum absolute atomic E-state index is 9.18. The molecule has 0 bridgehead atoms. The molecule has 0 amide bonds. The van der Waals surface area contributed by atoms with Crippen molar-refractivity contribution in [1.29, 1.82) is 0 Å². The lowest BCUT2D eigenvalue weighted by Crippen LogP contribution is -2.50. The zero-order valence-electron chi connectivity index (χ0n) is 11.6. The molecule has 2 saturated heterocycles. The number of aliphatic hydroxyl groups is 1. The first kappa shape index (κ1) is 14.3. The molecule has 0 radical (unpaired) electrons. The summed E-state index contributed by atoms with van der Waals surface area (Å²) in [7, 11) is 2.06. The number of hydrogen-bond acceptors (Lipinski definition) is 4. The third-order valence-electron chi connectivity index (χ3n) is 4.53. The van der Waals surface area contributed by atoms with Crippen LogP contribution in [0.15, 0.2) is 0 Å². The Labute approximate surface area is 111 Å². The summed E-state index contributed by atoms with van der Waals surface area (Å²) in [5, 5.41) is 12.6. The summed E-state index contributed by atoms with van der Waals surface area (Å²) in [6, 6.07) is 1.18. The number of aliphatic hydroxyl groups excluding tert-OH is 1. The number of nitrogens with one attached hydrogen (secondary N) is 1. The van der Waals surface area contributed by atoms with E-state index in [2.05, 4.69) is 17.3 Å². The molecular formula is C14H28N2O2. The maximum Gasteiger partial charge on any atom is 0.0521 e. The van der Waals surface area contributed by atoms with Crippen LogP contribution in [0.3, 0.4) is 0 Å². The predicted molar refractivity (Wildman–Crippen MR) is 72.7 cm³/mol. The minimum atomic E-state index is 0.317. The van der Waals surface area contributed by atoms with Gasteiger partial charge in [-0.3, -0.25) is 4.90 Å². The van der Waals surface area contributed by atoms with Gasteiger partial charge < -0.3 is 15.2 Å². The van der Waals surface area contributed by atoms with Gasteiger partial charge in [0.15, 0.2) is 0 Å². The molecule has 2 rings (SSSR count). The van der Waals surface area contributed by atoms with Crippen molar-refractivity contribution in [3.8, 4) is 0 Å². The highest BCUT2D eigenvalue weighted by Gasteiger charge is 2.30. The topological polar surface area (TPSA) is 44.7 Å². The van der Waals surface area contributed by atoms with Crippen molar-refractivity contribution in [3.05, 3.63) is 0 Å². The van der Waals surface area contributed by atoms with Crippen molar-refractivity contribution < 1.29 is 9.84 Å². The number of ether oxygens (including phenoxy) is 1. The van der Waals surface area contributed by atoms with Crippen LogP contribution in [0.2, 0.25) is 0 Å². The van der Waals surface area contributed by atoms with E-state index in [1.807, 2.05) is 0 Å². The van der Waals surface area contributed by atoms with Crippen molar-refractivity contribution in [2.75, 3.05) is 40.0 Å². The van der Waals surface area contributed by atoms with Gasteiger partial charge in [-0.2, -0.15) is 0 Å². The highest BCUT2D eigenvalue weighted by atomic mass is 16.5. The number of piperidine rings is 1. The maximum atomic E-state index is 9.18. The Hall–Kier alpha value is -0.160. The fourth-order valence-electron chi connectivity index (χ4n) is 3.43. The van der Waals surface area contributed by atoms with Crippen LogP contribution in [0.4, 0.5) is 0 Å². The van der Waals surface area contributed by atoms with Gasteiger partial charge >= 0.3 is 0 Å². The van der Waals surface area contributed by atoms with E-state index in [-0.39, 0.29) is 0 Å². The number of rotatable bonds is 5. The molecule has 0 aromatic carbocycles. The molecule has 0 aliphatic carbocycles. The third kappa shape index (κ3) is 3.67. The highest BCUT2D eigenvalue weighted by Crippen LogP contribution is 2.23. The molecule has 2 aliphatic heterocycles. The lowest BCUT2D eigenvalue weighted by atomic mass is 9.92. The minimum absolute atomic E-state index is 0.317. The first-order chi connectivity index (χ1) is 8.85. The lowest BCUT2D eigenvalue weighted by Gasteiger charge is -2.41. The SMILES string of the molecule is CNC1CCOCC1CN1CCCCC1CCO.